The van der Waals surface area contributed by atoms with Crippen molar-refractivity contribution < 1.29 is 29.0 Å². The number of carbonyl (C=O) groups excluding carboxylic acids is 2. The van der Waals surface area contributed by atoms with E-state index in [4.69, 9.17) is 9.47 Å². The Labute approximate surface area is 195 Å². The van der Waals surface area contributed by atoms with Crippen molar-refractivity contribution in [3.05, 3.63) is 0 Å². The number of unbranched alkanes of at least 4 members (excludes halogenated alkanes) is 14. The Morgan fingerprint density at radius 3 is 1.47 bits per heavy atom. The van der Waals surface area contributed by atoms with Crippen molar-refractivity contribution in [2.75, 3.05) is 0 Å². The second-order valence-electron chi connectivity index (χ2n) is 9.81. The van der Waals surface area contributed by atoms with Gasteiger partial charge in [-0.3, -0.25) is 9.59 Å². The fraction of sp³-hybridized carbons (Fsp3) is 0.885. The van der Waals surface area contributed by atoms with Gasteiger partial charge in [0, 0.05) is 6.42 Å². The molecule has 0 aliphatic carbocycles. The third-order valence-corrected chi connectivity index (χ3v) is 5.31. The molecule has 0 rings (SSSR count). The SMILES string of the molecule is CCCCCCCCCCCCCCCCCC(=O)O[C@@H](CC(=O)OC(C)(C)C)C(=O)O. The maximum Gasteiger partial charge on any atom is 0.345 e. The van der Waals surface area contributed by atoms with E-state index in [9.17, 15) is 19.5 Å². The number of carbonyl (C=O) groups is 3. The van der Waals surface area contributed by atoms with Crippen molar-refractivity contribution in [1.82, 2.24) is 0 Å². The fourth-order valence-corrected chi connectivity index (χ4v) is 3.57. The molecule has 6 heteroatoms. The first kappa shape index (κ1) is 30.4. The van der Waals surface area contributed by atoms with Crippen molar-refractivity contribution in [2.45, 2.75) is 149 Å². The summed E-state index contributed by atoms with van der Waals surface area (Å²) in [6.45, 7) is 7.34. The molecule has 0 aromatic heterocycles. The number of esters is 2. The lowest BCUT2D eigenvalue weighted by Crippen LogP contribution is -2.33. The van der Waals surface area contributed by atoms with Crippen LogP contribution in [-0.4, -0.2) is 34.7 Å². The van der Waals surface area contributed by atoms with Crippen LogP contribution >= 0.6 is 0 Å². The summed E-state index contributed by atoms with van der Waals surface area (Å²) in [5, 5.41) is 9.19. The first-order chi connectivity index (χ1) is 15.2. The van der Waals surface area contributed by atoms with Gasteiger partial charge in [0.15, 0.2) is 0 Å². The minimum absolute atomic E-state index is 0.177. The summed E-state index contributed by atoms with van der Waals surface area (Å²) in [7, 11) is 0. The third kappa shape index (κ3) is 20.3. The summed E-state index contributed by atoms with van der Waals surface area (Å²) >= 11 is 0. The zero-order chi connectivity index (χ0) is 24.2. The van der Waals surface area contributed by atoms with E-state index in [1.807, 2.05) is 0 Å². The topological polar surface area (TPSA) is 89.9 Å². The number of rotatable bonds is 20. The van der Waals surface area contributed by atoms with Gasteiger partial charge >= 0.3 is 17.9 Å². The highest BCUT2D eigenvalue weighted by Gasteiger charge is 2.28. The summed E-state index contributed by atoms with van der Waals surface area (Å²) in [6.07, 6.45) is 16.8. The van der Waals surface area contributed by atoms with Crippen LogP contribution in [0.3, 0.4) is 0 Å². The molecule has 0 spiro atoms. The lowest BCUT2D eigenvalue weighted by atomic mass is 10.0. The standard InChI is InChI=1S/C26H48O6/c1-5-6-7-8-9-10-11-12-13-14-15-16-17-18-19-20-23(27)31-22(25(29)30)21-24(28)32-26(2,3)4/h22H,5-21H2,1-4H3,(H,29,30)/t22-/m0/s1. The van der Waals surface area contributed by atoms with Crippen LogP contribution in [0, 0.1) is 0 Å². The van der Waals surface area contributed by atoms with Gasteiger partial charge in [-0.25, -0.2) is 4.79 Å². The molecule has 0 aliphatic rings. The molecule has 0 unspecified atom stereocenters. The highest BCUT2D eigenvalue weighted by Crippen LogP contribution is 2.15. The third-order valence-electron chi connectivity index (χ3n) is 5.31. The van der Waals surface area contributed by atoms with Gasteiger partial charge in [-0.15, -0.1) is 0 Å². The average molecular weight is 457 g/mol. The molecule has 0 aliphatic heterocycles. The molecule has 188 valence electrons. The second kappa shape index (κ2) is 18.9. The van der Waals surface area contributed by atoms with E-state index in [0.29, 0.717) is 6.42 Å². The van der Waals surface area contributed by atoms with Gasteiger partial charge in [0.1, 0.15) is 5.60 Å². The van der Waals surface area contributed by atoms with Crippen LogP contribution in [0.5, 0.6) is 0 Å². The summed E-state index contributed by atoms with van der Waals surface area (Å²) in [4.78, 5) is 35.0. The lowest BCUT2D eigenvalue weighted by Gasteiger charge is -2.21. The van der Waals surface area contributed by atoms with Gasteiger partial charge in [0.2, 0.25) is 6.10 Å². The normalized spacial score (nSPS) is 12.4. The molecule has 0 fully saturated rings. The van der Waals surface area contributed by atoms with Gasteiger partial charge in [-0.05, 0) is 27.2 Å². The first-order valence-electron chi connectivity index (χ1n) is 12.8. The number of hydrogen-bond donors (Lipinski definition) is 1. The smallest absolute Gasteiger partial charge is 0.345 e. The Morgan fingerprint density at radius 1 is 0.688 bits per heavy atom. The highest BCUT2D eigenvalue weighted by atomic mass is 16.6. The summed E-state index contributed by atoms with van der Waals surface area (Å²) in [6, 6.07) is 0. The lowest BCUT2D eigenvalue weighted by molar-refractivity contribution is -0.171. The Hall–Kier alpha value is -1.59. The van der Waals surface area contributed by atoms with Crippen LogP contribution in [-0.2, 0) is 23.9 Å². The summed E-state index contributed by atoms with van der Waals surface area (Å²) in [5.74, 6) is -2.60. The predicted octanol–water partition coefficient (Wildman–Crippen LogP) is 6.98. The largest absolute Gasteiger partial charge is 0.478 e. The number of ether oxygens (including phenoxy) is 2. The van der Waals surface area contributed by atoms with E-state index in [1.54, 1.807) is 20.8 Å². The molecule has 1 N–H and O–H groups in total. The van der Waals surface area contributed by atoms with E-state index in [-0.39, 0.29) is 6.42 Å². The zero-order valence-electron chi connectivity index (χ0n) is 21.1. The minimum Gasteiger partial charge on any atom is -0.478 e. The van der Waals surface area contributed by atoms with Crippen molar-refractivity contribution in [3.63, 3.8) is 0 Å². The van der Waals surface area contributed by atoms with Gasteiger partial charge in [0.05, 0.1) is 6.42 Å². The maximum atomic E-state index is 11.9. The Bertz CT molecular complexity index is 509. The van der Waals surface area contributed by atoms with Crippen LogP contribution in [0.2, 0.25) is 0 Å². The molecule has 6 nitrogen and oxygen atoms in total. The molecule has 1 atom stereocenters. The summed E-state index contributed by atoms with van der Waals surface area (Å²) < 4.78 is 10.1. The fourth-order valence-electron chi connectivity index (χ4n) is 3.57. The predicted molar refractivity (Wildman–Crippen MR) is 128 cm³/mol. The maximum absolute atomic E-state index is 11.9. The zero-order valence-corrected chi connectivity index (χ0v) is 21.1. The van der Waals surface area contributed by atoms with Gasteiger partial charge < -0.3 is 14.6 Å². The molecule has 0 heterocycles. The molecule has 32 heavy (non-hydrogen) atoms. The van der Waals surface area contributed by atoms with Crippen LogP contribution < -0.4 is 0 Å². The Morgan fingerprint density at radius 2 is 1.09 bits per heavy atom. The quantitative estimate of drug-likeness (QED) is 0.157. The Balaban J connectivity index is 3.67. The van der Waals surface area contributed by atoms with Crippen molar-refractivity contribution in [3.8, 4) is 0 Å². The Kier molecular flexibility index (Phi) is 18.0. The van der Waals surface area contributed by atoms with E-state index in [1.165, 1.54) is 77.0 Å². The summed E-state index contributed by atoms with van der Waals surface area (Å²) in [5.41, 5.74) is -0.710. The van der Waals surface area contributed by atoms with Crippen molar-refractivity contribution >= 4 is 17.9 Å². The molecular formula is C26H48O6. The van der Waals surface area contributed by atoms with Crippen molar-refractivity contribution in [2.24, 2.45) is 0 Å². The number of aliphatic carboxylic acids is 1. The molecule has 0 saturated heterocycles. The van der Waals surface area contributed by atoms with Gasteiger partial charge in [-0.2, -0.15) is 0 Å². The first-order valence-corrected chi connectivity index (χ1v) is 12.8. The molecular weight excluding hydrogens is 408 g/mol. The number of carboxylic acids is 1. The second-order valence-corrected chi connectivity index (χ2v) is 9.81. The van der Waals surface area contributed by atoms with Gasteiger partial charge in [-0.1, -0.05) is 96.8 Å². The molecule has 0 saturated carbocycles. The molecule has 0 amide bonds. The molecule has 0 bridgehead atoms. The highest BCUT2D eigenvalue weighted by molar-refractivity contribution is 5.83. The van der Waals surface area contributed by atoms with E-state index in [0.717, 1.165) is 12.8 Å². The van der Waals surface area contributed by atoms with Crippen LogP contribution in [0.25, 0.3) is 0 Å². The average Bonchev–Trinajstić information content (AvgIpc) is 2.69. The van der Waals surface area contributed by atoms with Gasteiger partial charge in [0.25, 0.3) is 0 Å². The van der Waals surface area contributed by atoms with E-state index >= 15 is 0 Å². The van der Waals surface area contributed by atoms with E-state index < -0.39 is 36.0 Å². The molecule has 0 aromatic rings. The number of hydrogen-bond acceptors (Lipinski definition) is 5. The van der Waals surface area contributed by atoms with E-state index in [2.05, 4.69) is 6.92 Å². The number of carboxylic acid groups (broad SMARTS) is 1. The van der Waals surface area contributed by atoms with Crippen LogP contribution in [0.15, 0.2) is 0 Å². The van der Waals surface area contributed by atoms with Crippen LogP contribution in [0.4, 0.5) is 0 Å². The monoisotopic (exact) mass is 456 g/mol. The molecule has 0 radical (unpaired) electrons. The van der Waals surface area contributed by atoms with Crippen LogP contribution in [0.1, 0.15) is 137 Å². The van der Waals surface area contributed by atoms with Crippen molar-refractivity contribution in [1.29, 1.82) is 0 Å². The minimum atomic E-state index is -1.49. The molecule has 0 aromatic carbocycles.